The standard InChI is InChI=1S/C13H12F3N/c1-2-9-5-6-10(13(14,15)16)8-11(9)12-4-3-7-17-12/h3-8,17H,2H2,1H3. The second kappa shape index (κ2) is 4.28. The van der Waals surface area contributed by atoms with Crippen LogP contribution in [0.5, 0.6) is 0 Å². The summed E-state index contributed by atoms with van der Waals surface area (Å²) in [5, 5.41) is 0. The van der Waals surface area contributed by atoms with Crippen molar-refractivity contribution in [3.8, 4) is 11.3 Å². The smallest absolute Gasteiger partial charge is 0.361 e. The molecule has 0 aliphatic rings. The highest BCUT2D eigenvalue weighted by molar-refractivity contribution is 5.65. The van der Waals surface area contributed by atoms with E-state index in [0.717, 1.165) is 11.6 Å². The minimum Gasteiger partial charge on any atom is -0.361 e. The predicted molar refractivity (Wildman–Crippen MR) is 60.6 cm³/mol. The molecule has 90 valence electrons. The van der Waals surface area contributed by atoms with Gasteiger partial charge in [0.15, 0.2) is 0 Å². The van der Waals surface area contributed by atoms with Crippen molar-refractivity contribution < 1.29 is 13.2 Å². The molecule has 0 unspecified atom stereocenters. The highest BCUT2D eigenvalue weighted by Gasteiger charge is 2.31. The molecule has 0 amide bonds. The Labute approximate surface area is 97.3 Å². The molecule has 2 aromatic rings. The molecule has 1 aromatic carbocycles. The molecule has 1 nitrogen and oxygen atoms in total. The van der Waals surface area contributed by atoms with Crippen molar-refractivity contribution >= 4 is 0 Å². The highest BCUT2D eigenvalue weighted by atomic mass is 19.4. The van der Waals surface area contributed by atoms with Gasteiger partial charge >= 0.3 is 6.18 Å². The second-order valence-electron chi connectivity index (χ2n) is 3.81. The Morgan fingerprint density at radius 3 is 2.47 bits per heavy atom. The summed E-state index contributed by atoms with van der Waals surface area (Å²) < 4.78 is 37.9. The van der Waals surface area contributed by atoms with Gasteiger partial charge in [-0.25, -0.2) is 0 Å². The lowest BCUT2D eigenvalue weighted by Crippen LogP contribution is -2.05. The van der Waals surface area contributed by atoms with Crippen LogP contribution in [0, 0.1) is 0 Å². The van der Waals surface area contributed by atoms with Gasteiger partial charge in [-0.15, -0.1) is 0 Å². The molecule has 0 aliphatic carbocycles. The van der Waals surface area contributed by atoms with Crippen molar-refractivity contribution in [3.05, 3.63) is 47.7 Å². The molecule has 0 saturated heterocycles. The number of halogens is 3. The Bertz CT molecular complexity index is 498. The first-order chi connectivity index (χ1) is 8.02. The number of hydrogen-bond donors (Lipinski definition) is 1. The summed E-state index contributed by atoms with van der Waals surface area (Å²) in [4.78, 5) is 2.94. The molecule has 0 bridgehead atoms. The monoisotopic (exact) mass is 239 g/mol. The van der Waals surface area contributed by atoms with Crippen LogP contribution in [0.2, 0.25) is 0 Å². The third-order valence-corrected chi connectivity index (χ3v) is 2.71. The van der Waals surface area contributed by atoms with Gasteiger partial charge < -0.3 is 4.98 Å². The van der Waals surface area contributed by atoms with Crippen LogP contribution >= 0.6 is 0 Å². The van der Waals surface area contributed by atoms with Gasteiger partial charge in [0.2, 0.25) is 0 Å². The van der Waals surface area contributed by atoms with Crippen molar-refractivity contribution in [2.24, 2.45) is 0 Å². The number of hydrogen-bond acceptors (Lipinski definition) is 0. The molecule has 4 heteroatoms. The van der Waals surface area contributed by atoms with Crippen LogP contribution in [0.3, 0.4) is 0 Å². The minimum absolute atomic E-state index is 0.612. The molecule has 0 aliphatic heterocycles. The summed E-state index contributed by atoms with van der Waals surface area (Å²) in [6.45, 7) is 1.93. The summed E-state index contributed by atoms with van der Waals surface area (Å²) in [5.41, 5.74) is 1.63. The zero-order chi connectivity index (χ0) is 12.5. The second-order valence-corrected chi connectivity index (χ2v) is 3.81. The molecule has 0 saturated carbocycles. The summed E-state index contributed by atoms with van der Waals surface area (Å²) in [7, 11) is 0. The first kappa shape index (κ1) is 11.8. The molecule has 0 radical (unpaired) electrons. The van der Waals surface area contributed by atoms with Gasteiger partial charge in [0, 0.05) is 17.5 Å². The number of aryl methyl sites for hydroxylation is 1. The van der Waals surface area contributed by atoms with E-state index < -0.39 is 11.7 Å². The number of aromatic nitrogens is 1. The summed E-state index contributed by atoms with van der Waals surface area (Å²) in [6.07, 6.45) is -1.89. The van der Waals surface area contributed by atoms with Gasteiger partial charge in [0.25, 0.3) is 0 Å². The fourth-order valence-corrected chi connectivity index (χ4v) is 1.81. The van der Waals surface area contributed by atoms with E-state index in [4.69, 9.17) is 0 Å². The molecule has 2 rings (SSSR count). The molecule has 1 N–H and O–H groups in total. The molecule has 1 aromatic heterocycles. The van der Waals surface area contributed by atoms with Crippen LogP contribution in [-0.4, -0.2) is 4.98 Å². The van der Waals surface area contributed by atoms with E-state index in [1.165, 1.54) is 6.07 Å². The first-order valence-corrected chi connectivity index (χ1v) is 5.36. The Morgan fingerprint density at radius 2 is 1.94 bits per heavy atom. The van der Waals surface area contributed by atoms with Gasteiger partial charge in [-0.1, -0.05) is 13.0 Å². The maximum atomic E-state index is 12.6. The third-order valence-electron chi connectivity index (χ3n) is 2.71. The topological polar surface area (TPSA) is 15.8 Å². The summed E-state index contributed by atoms with van der Waals surface area (Å²) in [6, 6.07) is 7.42. The lowest BCUT2D eigenvalue weighted by molar-refractivity contribution is -0.137. The normalized spacial score (nSPS) is 11.8. The third kappa shape index (κ3) is 2.35. The maximum absolute atomic E-state index is 12.6. The van der Waals surface area contributed by atoms with Crippen molar-refractivity contribution in [1.29, 1.82) is 0 Å². The Hall–Kier alpha value is -1.71. The Kier molecular flexibility index (Phi) is 2.96. The number of alkyl halides is 3. The number of nitrogens with one attached hydrogen (secondary N) is 1. The highest BCUT2D eigenvalue weighted by Crippen LogP contribution is 2.33. The molecule has 0 atom stereocenters. The quantitative estimate of drug-likeness (QED) is 0.805. The zero-order valence-corrected chi connectivity index (χ0v) is 9.31. The molecular weight excluding hydrogens is 227 g/mol. The van der Waals surface area contributed by atoms with Gasteiger partial charge in [0.05, 0.1) is 5.56 Å². The van der Waals surface area contributed by atoms with Crippen LogP contribution < -0.4 is 0 Å². The number of benzene rings is 1. The zero-order valence-electron chi connectivity index (χ0n) is 9.31. The van der Waals surface area contributed by atoms with Gasteiger partial charge in [-0.05, 0) is 36.2 Å². The van der Waals surface area contributed by atoms with Crippen molar-refractivity contribution in [2.45, 2.75) is 19.5 Å². The SMILES string of the molecule is CCc1ccc(C(F)(F)F)cc1-c1ccc[nH]1. The van der Waals surface area contributed by atoms with E-state index >= 15 is 0 Å². The van der Waals surface area contributed by atoms with Crippen LogP contribution in [0.25, 0.3) is 11.3 Å². The molecule has 0 fully saturated rings. The number of H-pyrrole nitrogens is 1. The largest absolute Gasteiger partial charge is 0.416 e. The van der Waals surface area contributed by atoms with Crippen LogP contribution in [-0.2, 0) is 12.6 Å². The van der Waals surface area contributed by atoms with Gasteiger partial charge in [0.1, 0.15) is 0 Å². The maximum Gasteiger partial charge on any atom is 0.416 e. The van der Waals surface area contributed by atoms with E-state index in [1.807, 2.05) is 6.92 Å². The van der Waals surface area contributed by atoms with E-state index in [2.05, 4.69) is 4.98 Å². The lowest BCUT2D eigenvalue weighted by Gasteiger charge is -2.11. The van der Waals surface area contributed by atoms with Crippen LogP contribution in [0.1, 0.15) is 18.1 Å². The average Bonchev–Trinajstić information content (AvgIpc) is 2.80. The number of rotatable bonds is 2. The van der Waals surface area contributed by atoms with Gasteiger partial charge in [-0.2, -0.15) is 13.2 Å². The Morgan fingerprint density at radius 1 is 1.18 bits per heavy atom. The Balaban J connectivity index is 2.55. The van der Waals surface area contributed by atoms with E-state index in [1.54, 1.807) is 24.4 Å². The molecule has 0 spiro atoms. The van der Waals surface area contributed by atoms with Crippen LogP contribution in [0.4, 0.5) is 13.2 Å². The fourth-order valence-electron chi connectivity index (χ4n) is 1.81. The van der Waals surface area contributed by atoms with E-state index in [0.29, 0.717) is 17.7 Å². The molecular formula is C13H12F3N. The summed E-state index contributed by atoms with van der Waals surface area (Å²) in [5.74, 6) is 0. The fraction of sp³-hybridized carbons (Fsp3) is 0.231. The van der Waals surface area contributed by atoms with Crippen molar-refractivity contribution in [1.82, 2.24) is 4.98 Å². The van der Waals surface area contributed by atoms with Gasteiger partial charge in [-0.3, -0.25) is 0 Å². The van der Waals surface area contributed by atoms with Crippen molar-refractivity contribution in [2.75, 3.05) is 0 Å². The minimum atomic E-state index is -4.30. The summed E-state index contributed by atoms with van der Waals surface area (Å²) >= 11 is 0. The number of aromatic amines is 1. The first-order valence-electron chi connectivity index (χ1n) is 5.36. The predicted octanol–water partition coefficient (Wildman–Crippen LogP) is 4.26. The van der Waals surface area contributed by atoms with E-state index in [-0.39, 0.29) is 0 Å². The lowest BCUT2D eigenvalue weighted by atomic mass is 9.99. The molecule has 17 heavy (non-hydrogen) atoms. The van der Waals surface area contributed by atoms with Crippen LogP contribution in [0.15, 0.2) is 36.5 Å². The average molecular weight is 239 g/mol. The van der Waals surface area contributed by atoms with E-state index in [9.17, 15) is 13.2 Å². The molecule has 1 heterocycles. The van der Waals surface area contributed by atoms with Crippen molar-refractivity contribution in [3.63, 3.8) is 0 Å².